The molecule has 2 rings (SSSR count). The van der Waals surface area contributed by atoms with Crippen molar-refractivity contribution < 1.29 is 9.59 Å². The molecule has 0 heterocycles. The van der Waals surface area contributed by atoms with Crippen LogP contribution in [-0.4, -0.2) is 24.9 Å². The van der Waals surface area contributed by atoms with E-state index >= 15 is 0 Å². The number of anilines is 1. The third kappa shape index (κ3) is 3.42. The first-order chi connectivity index (χ1) is 10.1. The van der Waals surface area contributed by atoms with Crippen LogP contribution in [0.1, 0.15) is 43.0 Å². The maximum atomic E-state index is 12.4. The van der Waals surface area contributed by atoms with Crippen molar-refractivity contribution in [3.05, 3.63) is 29.8 Å². The van der Waals surface area contributed by atoms with Crippen molar-refractivity contribution in [2.45, 2.75) is 32.6 Å². The average molecular weight is 289 g/mol. The summed E-state index contributed by atoms with van der Waals surface area (Å²) in [6, 6.07) is 6.93. The molecule has 0 radical (unpaired) electrons. The van der Waals surface area contributed by atoms with Gasteiger partial charge in [-0.2, -0.15) is 0 Å². The standard InChI is InChI=1S/C16H23N3O2/c1-2-18-14(20)12-5-7-13(8-6-12)19-15(21)16(11-17)9-3-4-10-16/h5-8H,2-4,9-11,17H2,1H3,(H,18,20)(H,19,21). The van der Waals surface area contributed by atoms with Gasteiger partial charge in [0.05, 0.1) is 5.41 Å². The van der Waals surface area contributed by atoms with Gasteiger partial charge < -0.3 is 16.4 Å². The van der Waals surface area contributed by atoms with E-state index in [1.54, 1.807) is 24.3 Å². The third-order valence-electron chi connectivity index (χ3n) is 4.18. The molecule has 21 heavy (non-hydrogen) atoms. The Labute approximate surface area is 125 Å². The van der Waals surface area contributed by atoms with Crippen LogP contribution in [0.25, 0.3) is 0 Å². The summed E-state index contributed by atoms with van der Waals surface area (Å²) in [7, 11) is 0. The molecule has 1 saturated carbocycles. The Morgan fingerprint density at radius 3 is 2.33 bits per heavy atom. The molecule has 1 aliphatic carbocycles. The van der Waals surface area contributed by atoms with Crippen LogP contribution < -0.4 is 16.4 Å². The summed E-state index contributed by atoms with van der Waals surface area (Å²) in [5.74, 6) is -0.113. The van der Waals surface area contributed by atoms with Crippen LogP contribution in [0.15, 0.2) is 24.3 Å². The van der Waals surface area contributed by atoms with E-state index in [-0.39, 0.29) is 11.8 Å². The molecular weight excluding hydrogens is 266 g/mol. The Kier molecular flexibility index (Phi) is 4.96. The molecule has 5 heteroatoms. The zero-order valence-corrected chi connectivity index (χ0v) is 12.4. The van der Waals surface area contributed by atoms with Crippen molar-refractivity contribution in [2.24, 2.45) is 11.1 Å². The number of hydrogen-bond donors (Lipinski definition) is 3. The smallest absolute Gasteiger partial charge is 0.251 e. The van der Waals surface area contributed by atoms with E-state index in [1.165, 1.54) is 0 Å². The van der Waals surface area contributed by atoms with Crippen LogP contribution in [0.5, 0.6) is 0 Å². The van der Waals surface area contributed by atoms with E-state index in [4.69, 9.17) is 5.73 Å². The van der Waals surface area contributed by atoms with E-state index in [0.717, 1.165) is 25.7 Å². The van der Waals surface area contributed by atoms with Gasteiger partial charge in [0, 0.05) is 24.3 Å². The predicted octanol–water partition coefficient (Wildman–Crippen LogP) is 1.89. The second-order valence-electron chi connectivity index (χ2n) is 5.58. The lowest BCUT2D eigenvalue weighted by Gasteiger charge is -2.25. The Balaban J connectivity index is 2.03. The average Bonchev–Trinajstić information content (AvgIpc) is 2.98. The number of benzene rings is 1. The topological polar surface area (TPSA) is 84.2 Å². The Hall–Kier alpha value is -1.88. The lowest BCUT2D eigenvalue weighted by Crippen LogP contribution is -2.40. The van der Waals surface area contributed by atoms with E-state index < -0.39 is 5.41 Å². The monoisotopic (exact) mass is 289 g/mol. The van der Waals surface area contributed by atoms with E-state index in [0.29, 0.717) is 24.3 Å². The number of carbonyl (C=O) groups is 2. The molecule has 0 aliphatic heterocycles. The SMILES string of the molecule is CCNC(=O)c1ccc(NC(=O)C2(CN)CCCC2)cc1. The summed E-state index contributed by atoms with van der Waals surface area (Å²) >= 11 is 0. The molecule has 2 amide bonds. The minimum atomic E-state index is -0.418. The fourth-order valence-corrected chi connectivity index (χ4v) is 2.81. The summed E-state index contributed by atoms with van der Waals surface area (Å²) in [5, 5.41) is 5.66. The number of hydrogen-bond acceptors (Lipinski definition) is 3. The Morgan fingerprint density at radius 2 is 1.81 bits per heavy atom. The molecule has 0 aromatic heterocycles. The number of rotatable bonds is 5. The van der Waals surface area contributed by atoms with E-state index in [1.807, 2.05) is 6.92 Å². The Morgan fingerprint density at radius 1 is 1.19 bits per heavy atom. The van der Waals surface area contributed by atoms with Gasteiger partial charge in [-0.3, -0.25) is 9.59 Å². The maximum absolute atomic E-state index is 12.4. The molecule has 114 valence electrons. The first kappa shape index (κ1) is 15.5. The largest absolute Gasteiger partial charge is 0.352 e. The summed E-state index contributed by atoms with van der Waals surface area (Å²) in [4.78, 5) is 24.1. The van der Waals surface area contributed by atoms with Gasteiger partial charge >= 0.3 is 0 Å². The van der Waals surface area contributed by atoms with Crippen molar-refractivity contribution in [2.75, 3.05) is 18.4 Å². The van der Waals surface area contributed by atoms with Crippen molar-refractivity contribution in [1.82, 2.24) is 5.32 Å². The maximum Gasteiger partial charge on any atom is 0.251 e. The predicted molar refractivity (Wildman–Crippen MR) is 83.0 cm³/mol. The van der Waals surface area contributed by atoms with Gasteiger partial charge in [0.25, 0.3) is 5.91 Å². The van der Waals surface area contributed by atoms with Crippen LogP contribution in [-0.2, 0) is 4.79 Å². The van der Waals surface area contributed by atoms with Gasteiger partial charge in [-0.15, -0.1) is 0 Å². The first-order valence-electron chi connectivity index (χ1n) is 7.51. The summed E-state index contributed by atoms with van der Waals surface area (Å²) < 4.78 is 0. The van der Waals surface area contributed by atoms with Gasteiger partial charge in [-0.25, -0.2) is 0 Å². The highest BCUT2D eigenvalue weighted by molar-refractivity contribution is 5.97. The number of nitrogens with one attached hydrogen (secondary N) is 2. The van der Waals surface area contributed by atoms with Crippen molar-refractivity contribution in [1.29, 1.82) is 0 Å². The minimum Gasteiger partial charge on any atom is -0.352 e. The number of carbonyl (C=O) groups excluding carboxylic acids is 2. The highest BCUT2D eigenvalue weighted by Crippen LogP contribution is 2.38. The normalized spacial score (nSPS) is 16.5. The minimum absolute atomic E-state index is 0.00624. The summed E-state index contributed by atoms with van der Waals surface area (Å²) in [6.07, 6.45) is 3.82. The van der Waals surface area contributed by atoms with E-state index in [2.05, 4.69) is 10.6 Å². The van der Waals surface area contributed by atoms with Crippen LogP contribution in [0.4, 0.5) is 5.69 Å². The Bertz CT molecular complexity index is 505. The van der Waals surface area contributed by atoms with Gasteiger partial charge in [-0.05, 0) is 44.0 Å². The molecule has 0 unspecified atom stereocenters. The van der Waals surface area contributed by atoms with Gasteiger partial charge in [0.15, 0.2) is 0 Å². The lowest BCUT2D eigenvalue weighted by molar-refractivity contribution is -0.124. The van der Waals surface area contributed by atoms with Crippen molar-refractivity contribution >= 4 is 17.5 Å². The third-order valence-corrected chi connectivity index (χ3v) is 4.18. The van der Waals surface area contributed by atoms with Gasteiger partial charge in [0.1, 0.15) is 0 Å². The fourth-order valence-electron chi connectivity index (χ4n) is 2.81. The van der Waals surface area contributed by atoms with E-state index in [9.17, 15) is 9.59 Å². The molecular formula is C16H23N3O2. The van der Waals surface area contributed by atoms with Gasteiger partial charge in [0.2, 0.25) is 5.91 Å². The lowest BCUT2D eigenvalue weighted by atomic mass is 9.85. The molecule has 0 bridgehead atoms. The quantitative estimate of drug-likeness (QED) is 0.774. The molecule has 1 aromatic carbocycles. The first-order valence-corrected chi connectivity index (χ1v) is 7.51. The zero-order valence-electron chi connectivity index (χ0n) is 12.4. The molecule has 4 N–H and O–H groups in total. The van der Waals surface area contributed by atoms with Crippen LogP contribution in [0.3, 0.4) is 0 Å². The molecule has 1 fully saturated rings. The van der Waals surface area contributed by atoms with Crippen LogP contribution in [0.2, 0.25) is 0 Å². The summed E-state index contributed by atoms with van der Waals surface area (Å²) in [6.45, 7) is 2.85. The fraction of sp³-hybridized carbons (Fsp3) is 0.500. The number of amides is 2. The van der Waals surface area contributed by atoms with Crippen LogP contribution >= 0.6 is 0 Å². The van der Waals surface area contributed by atoms with Gasteiger partial charge in [-0.1, -0.05) is 12.8 Å². The number of nitrogens with two attached hydrogens (primary N) is 1. The summed E-state index contributed by atoms with van der Waals surface area (Å²) in [5.41, 5.74) is 6.68. The molecule has 1 aliphatic rings. The molecule has 0 saturated heterocycles. The second-order valence-corrected chi connectivity index (χ2v) is 5.58. The van der Waals surface area contributed by atoms with Crippen LogP contribution in [0, 0.1) is 5.41 Å². The highest BCUT2D eigenvalue weighted by atomic mass is 16.2. The highest BCUT2D eigenvalue weighted by Gasteiger charge is 2.39. The molecule has 0 spiro atoms. The molecule has 5 nitrogen and oxygen atoms in total. The molecule has 1 aromatic rings. The molecule has 0 atom stereocenters. The second kappa shape index (κ2) is 6.72. The zero-order chi connectivity index (χ0) is 15.3. The van der Waals surface area contributed by atoms with Crippen molar-refractivity contribution in [3.63, 3.8) is 0 Å². The van der Waals surface area contributed by atoms with Crippen molar-refractivity contribution in [3.8, 4) is 0 Å².